The van der Waals surface area contributed by atoms with E-state index in [0.717, 1.165) is 43.5 Å². The summed E-state index contributed by atoms with van der Waals surface area (Å²) in [5.74, 6) is 0.895. The summed E-state index contributed by atoms with van der Waals surface area (Å²) in [4.78, 5) is 0. The SMILES string of the molecule is COc1ccc(C(O)c2ccc(NCCCCCc3ccccc3)c(O)c2)cc1. The molecule has 0 aromatic heterocycles. The molecule has 0 heterocycles. The van der Waals surface area contributed by atoms with Gasteiger partial charge in [0.15, 0.2) is 0 Å². The lowest BCUT2D eigenvalue weighted by Gasteiger charge is -2.15. The van der Waals surface area contributed by atoms with Gasteiger partial charge in [-0.2, -0.15) is 0 Å². The number of benzene rings is 3. The quantitative estimate of drug-likeness (QED) is 0.324. The molecule has 0 saturated heterocycles. The molecule has 0 fully saturated rings. The molecular formula is C25H29NO3. The van der Waals surface area contributed by atoms with Gasteiger partial charge in [0.25, 0.3) is 0 Å². The van der Waals surface area contributed by atoms with Crippen LogP contribution in [-0.2, 0) is 6.42 Å². The molecule has 152 valence electrons. The number of unbranched alkanes of at least 4 members (excludes halogenated alkanes) is 2. The molecular weight excluding hydrogens is 362 g/mol. The van der Waals surface area contributed by atoms with Crippen molar-refractivity contribution in [3.63, 3.8) is 0 Å². The topological polar surface area (TPSA) is 61.7 Å². The largest absolute Gasteiger partial charge is 0.506 e. The van der Waals surface area contributed by atoms with E-state index in [1.165, 1.54) is 5.56 Å². The zero-order valence-electron chi connectivity index (χ0n) is 16.8. The van der Waals surface area contributed by atoms with E-state index < -0.39 is 6.10 Å². The van der Waals surface area contributed by atoms with Crippen molar-refractivity contribution >= 4 is 5.69 Å². The standard InChI is InChI=1S/C25H29NO3/c1-29-22-14-11-20(12-15-22)25(28)21-13-16-23(24(27)18-21)26-17-7-3-6-10-19-8-4-2-5-9-19/h2,4-5,8-9,11-16,18,25-28H,3,6-7,10,17H2,1H3. The van der Waals surface area contributed by atoms with E-state index in [0.29, 0.717) is 11.3 Å². The number of anilines is 1. The highest BCUT2D eigenvalue weighted by molar-refractivity contribution is 5.57. The van der Waals surface area contributed by atoms with Gasteiger partial charge in [0.1, 0.15) is 17.6 Å². The number of aromatic hydroxyl groups is 1. The van der Waals surface area contributed by atoms with Crippen molar-refractivity contribution < 1.29 is 14.9 Å². The third-order valence-corrected chi connectivity index (χ3v) is 5.07. The van der Waals surface area contributed by atoms with Gasteiger partial charge in [-0.05, 0) is 60.2 Å². The second-order valence-corrected chi connectivity index (χ2v) is 7.18. The molecule has 3 rings (SSSR count). The van der Waals surface area contributed by atoms with Gasteiger partial charge in [-0.25, -0.2) is 0 Å². The number of phenols is 1. The summed E-state index contributed by atoms with van der Waals surface area (Å²) in [6.45, 7) is 0.808. The van der Waals surface area contributed by atoms with Crippen molar-refractivity contribution in [2.24, 2.45) is 0 Å². The van der Waals surface area contributed by atoms with Crippen molar-refractivity contribution in [3.8, 4) is 11.5 Å². The Kier molecular flexibility index (Phi) is 7.54. The van der Waals surface area contributed by atoms with Gasteiger partial charge in [-0.1, -0.05) is 55.0 Å². The highest BCUT2D eigenvalue weighted by atomic mass is 16.5. The Labute approximate surface area is 172 Å². The highest BCUT2D eigenvalue weighted by Gasteiger charge is 2.13. The fraction of sp³-hybridized carbons (Fsp3) is 0.280. The summed E-state index contributed by atoms with van der Waals surface area (Å²) in [6, 6.07) is 23.1. The van der Waals surface area contributed by atoms with Crippen molar-refractivity contribution in [1.82, 2.24) is 0 Å². The third kappa shape index (κ3) is 6.00. The molecule has 1 atom stereocenters. The van der Waals surface area contributed by atoms with Crippen molar-refractivity contribution in [3.05, 3.63) is 89.5 Å². The van der Waals surface area contributed by atoms with Crippen LogP contribution in [0.1, 0.15) is 42.1 Å². The van der Waals surface area contributed by atoms with Crippen molar-refractivity contribution in [2.75, 3.05) is 19.0 Å². The van der Waals surface area contributed by atoms with Crippen molar-refractivity contribution in [2.45, 2.75) is 31.8 Å². The molecule has 0 radical (unpaired) electrons. The third-order valence-electron chi connectivity index (χ3n) is 5.07. The molecule has 0 saturated carbocycles. The molecule has 4 heteroatoms. The molecule has 29 heavy (non-hydrogen) atoms. The first kappa shape index (κ1) is 20.7. The summed E-state index contributed by atoms with van der Waals surface area (Å²) >= 11 is 0. The number of hydrogen-bond acceptors (Lipinski definition) is 4. The Morgan fingerprint density at radius 1 is 0.862 bits per heavy atom. The number of methoxy groups -OCH3 is 1. The average molecular weight is 392 g/mol. The summed E-state index contributed by atoms with van der Waals surface area (Å²) in [6.07, 6.45) is 3.65. The van der Waals surface area contributed by atoms with E-state index in [-0.39, 0.29) is 5.75 Å². The van der Waals surface area contributed by atoms with E-state index in [1.807, 2.05) is 42.5 Å². The predicted octanol–water partition coefficient (Wildman–Crippen LogP) is 5.31. The lowest BCUT2D eigenvalue weighted by atomic mass is 10.0. The Bertz CT molecular complexity index is 878. The highest BCUT2D eigenvalue weighted by Crippen LogP contribution is 2.30. The van der Waals surface area contributed by atoms with Crippen LogP contribution in [0.3, 0.4) is 0 Å². The number of aliphatic hydroxyl groups excluding tert-OH is 1. The Morgan fingerprint density at radius 3 is 2.28 bits per heavy atom. The second kappa shape index (κ2) is 10.5. The molecule has 4 nitrogen and oxygen atoms in total. The van der Waals surface area contributed by atoms with Crippen LogP contribution in [0.5, 0.6) is 11.5 Å². The number of nitrogens with one attached hydrogen (secondary N) is 1. The molecule has 0 spiro atoms. The average Bonchev–Trinajstić information content (AvgIpc) is 2.77. The van der Waals surface area contributed by atoms with E-state index >= 15 is 0 Å². The number of ether oxygens (including phenoxy) is 1. The summed E-state index contributed by atoms with van der Waals surface area (Å²) in [5.41, 5.74) is 3.48. The minimum absolute atomic E-state index is 0.152. The Balaban J connectivity index is 1.46. The first-order valence-corrected chi connectivity index (χ1v) is 10.1. The summed E-state index contributed by atoms with van der Waals surface area (Å²) < 4.78 is 5.14. The smallest absolute Gasteiger partial charge is 0.139 e. The van der Waals surface area contributed by atoms with Crippen LogP contribution in [0, 0.1) is 0 Å². The zero-order valence-corrected chi connectivity index (χ0v) is 16.8. The van der Waals surface area contributed by atoms with Gasteiger partial charge in [0.2, 0.25) is 0 Å². The van der Waals surface area contributed by atoms with Crippen LogP contribution in [0.4, 0.5) is 5.69 Å². The van der Waals surface area contributed by atoms with Gasteiger partial charge in [0, 0.05) is 6.54 Å². The zero-order chi connectivity index (χ0) is 20.5. The lowest BCUT2D eigenvalue weighted by Crippen LogP contribution is -2.04. The van der Waals surface area contributed by atoms with Crippen LogP contribution in [-0.4, -0.2) is 23.9 Å². The predicted molar refractivity (Wildman–Crippen MR) is 118 cm³/mol. The molecule has 0 amide bonds. The molecule has 0 aliphatic heterocycles. The molecule has 3 aromatic carbocycles. The monoisotopic (exact) mass is 391 g/mol. The fourth-order valence-corrected chi connectivity index (χ4v) is 3.35. The van der Waals surface area contributed by atoms with E-state index in [2.05, 4.69) is 29.6 Å². The number of hydrogen-bond donors (Lipinski definition) is 3. The Morgan fingerprint density at radius 2 is 1.59 bits per heavy atom. The molecule has 3 N–H and O–H groups in total. The maximum absolute atomic E-state index is 10.6. The van der Waals surface area contributed by atoms with Crippen LogP contribution in [0.25, 0.3) is 0 Å². The van der Waals surface area contributed by atoms with Crippen molar-refractivity contribution in [1.29, 1.82) is 0 Å². The molecule has 0 aliphatic carbocycles. The minimum Gasteiger partial charge on any atom is -0.506 e. The molecule has 3 aromatic rings. The minimum atomic E-state index is -0.793. The van der Waals surface area contributed by atoms with E-state index in [1.54, 1.807) is 13.2 Å². The maximum Gasteiger partial charge on any atom is 0.139 e. The van der Waals surface area contributed by atoms with Gasteiger partial charge >= 0.3 is 0 Å². The normalized spacial score (nSPS) is 11.8. The first-order chi connectivity index (χ1) is 14.2. The van der Waals surface area contributed by atoms with E-state index in [4.69, 9.17) is 4.74 Å². The van der Waals surface area contributed by atoms with Crippen LogP contribution < -0.4 is 10.1 Å². The lowest BCUT2D eigenvalue weighted by molar-refractivity contribution is 0.219. The van der Waals surface area contributed by atoms with Crippen LogP contribution in [0.2, 0.25) is 0 Å². The van der Waals surface area contributed by atoms with Gasteiger partial charge in [-0.3, -0.25) is 0 Å². The van der Waals surface area contributed by atoms with Gasteiger partial charge in [0.05, 0.1) is 12.8 Å². The molecule has 0 bridgehead atoms. The summed E-state index contributed by atoms with van der Waals surface area (Å²) in [5, 5.41) is 24.2. The van der Waals surface area contributed by atoms with Gasteiger partial charge < -0.3 is 20.3 Å². The number of phenolic OH excluding ortho intramolecular Hbond substituents is 1. The van der Waals surface area contributed by atoms with Gasteiger partial charge in [-0.15, -0.1) is 0 Å². The van der Waals surface area contributed by atoms with E-state index in [9.17, 15) is 10.2 Å². The summed E-state index contributed by atoms with van der Waals surface area (Å²) in [7, 11) is 1.61. The second-order valence-electron chi connectivity index (χ2n) is 7.18. The first-order valence-electron chi connectivity index (χ1n) is 10.1. The molecule has 1 unspecified atom stereocenters. The Hall–Kier alpha value is -2.98. The molecule has 0 aliphatic rings. The van der Waals surface area contributed by atoms with Crippen LogP contribution >= 0.6 is 0 Å². The fourth-order valence-electron chi connectivity index (χ4n) is 3.35. The number of rotatable bonds is 10. The van der Waals surface area contributed by atoms with Crippen LogP contribution in [0.15, 0.2) is 72.8 Å². The number of aryl methyl sites for hydroxylation is 1. The number of aliphatic hydroxyl groups is 1. The maximum atomic E-state index is 10.6.